The van der Waals surface area contributed by atoms with Crippen LogP contribution in [0.1, 0.15) is 34.1 Å². The molecule has 0 aromatic carbocycles. The third kappa shape index (κ3) is 2.37. The number of nitrogen functional groups attached to an aromatic ring is 1. The lowest BCUT2D eigenvalue weighted by Gasteiger charge is -2.31. The number of nitrogens with zero attached hydrogens (tertiary/aromatic N) is 3. The quantitative estimate of drug-likeness (QED) is 0.774. The molecule has 6 nitrogen and oxygen atoms in total. The van der Waals surface area contributed by atoms with Crippen LogP contribution in [0.15, 0.2) is 6.33 Å². The number of nitrogens with one attached hydrogen (secondary N) is 2. The van der Waals surface area contributed by atoms with Crippen LogP contribution in [0.2, 0.25) is 0 Å². The van der Waals surface area contributed by atoms with Crippen LogP contribution < -0.4 is 11.1 Å². The maximum atomic E-state index is 5.70. The normalized spacial score (nSPS) is 13.8. The van der Waals surface area contributed by atoms with Gasteiger partial charge >= 0.3 is 0 Å². The smallest absolute Gasteiger partial charge is 0.224 e. The fourth-order valence-corrected chi connectivity index (χ4v) is 2.05. The summed E-state index contributed by atoms with van der Waals surface area (Å²) in [5.74, 6) is 0.943. The summed E-state index contributed by atoms with van der Waals surface area (Å²) in [6.45, 7) is 8.73. The molecule has 1 atom stereocenters. The first kappa shape index (κ1) is 12.6. The van der Waals surface area contributed by atoms with Gasteiger partial charge in [0.05, 0.1) is 6.33 Å². The molecule has 0 aliphatic heterocycles. The van der Waals surface area contributed by atoms with Gasteiger partial charge < -0.3 is 16.0 Å². The maximum Gasteiger partial charge on any atom is 0.224 e. The van der Waals surface area contributed by atoms with E-state index in [1.165, 1.54) is 0 Å². The maximum absolute atomic E-state index is 5.70. The summed E-state index contributed by atoms with van der Waals surface area (Å²) >= 11 is 0. The SMILES string of the molecule is CC[C@@H](Nc1nc(N)nc2[nH]cnc12)C(C)(C)C. The minimum Gasteiger partial charge on any atom is -0.368 e. The number of hydrogen-bond acceptors (Lipinski definition) is 5. The van der Waals surface area contributed by atoms with Gasteiger partial charge in [0.1, 0.15) is 5.52 Å². The molecule has 6 heteroatoms. The molecule has 0 amide bonds. The van der Waals surface area contributed by atoms with Gasteiger partial charge in [-0.3, -0.25) is 0 Å². The van der Waals surface area contributed by atoms with E-state index in [4.69, 9.17) is 5.73 Å². The molecule has 2 aromatic rings. The summed E-state index contributed by atoms with van der Waals surface area (Å²) in [6.07, 6.45) is 2.60. The lowest BCUT2D eigenvalue weighted by Crippen LogP contribution is -2.33. The minimum atomic E-state index is 0.136. The fourth-order valence-electron chi connectivity index (χ4n) is 2.05. The number of rotatable bonds is 3. The van der Waals surface area contributed by atoms with Crippen molar-refractivity contribution >= 4 is 22.9 Å². The monoisotopic (exact) mass is 248 g/mol. The second-order valence-corrected chi connectivity index (χ2v) is 5.50. The van der Waals surface area contributed by atoms with Gasteiger partial charge in [-0.2, -0.15) is 9.97 Å². The molecular formula is C12H20N6. The Labute approximate surface area is 106 Å². The van der Waals surface area contributed by atoms with Crippen molar-refractivity contribution < 1.29 is 0 Å². The molecule has 2 heterocycles. The molecule has 0 saturated carbocycles. The summed E-state index contributed by atoms with van der Waals surface area (Å²) in [5, 5.41) is 3.42. The Morgan fingerprint density at radius 3 is 2.72 bits per heavy atom. The third-order valence-corrected chi connectivity index (χ3v) is 3.06. The lowest BCUT2D eigenvalue weighted by molar-refractivity contribution is 0.333. The first-order valence-corrected chi connectivity index (χ1v) is 6.15. The van der Waals surface area contributed by atoms with E-state index in [1.807, 2.05) is 0 Å². The standard InChI is InChI=1S/C12H20N6/c1-5-7(12(2,3)4)16-10-8-9(15-6-14-8)17-11(13)18-10/h6-7H,5H2,1-4H3,(H4,13,14,15,16,17,18)/t7-/m1/s1. The highest BCUT2D eigenvalue weighted by molar-refractivity contribution is 5.83. The second kappa shape index (κ2) is 4.44. The first-order chi connectivity index (χ1) is 8.41. The van der Waals surface area contributed by atoms with Gasteiger partial charge in [0.15, 0.2) is 11.5 Å². The average Bonchev–Trinajstić information content (AvgIpc) is 2.71. The van der Waals surface area contributed by atoms with Crippen molar-refractivity contribution in [1.82, 2.24) is 19.9 Å². The second-order valence-electron chi connectivity index (χ2n) is 5.50. The van der Waals surface area contributed by atoms with Crippen molar-refractivity contribution in [2.45, 2.75) is 40.2 Å². The zero-order chi connectivity index (χ0) is 13.3. The van der Waals surface area contributed by atoms with E-state index in [0.29, 0.717) is 17.5 Å². The number of hydrogen-bond donors (Lipinski definition) is 3. The number of nitrogens with two attached hydrogens (primary N) is 1. The molecule has 0 bridgehead atoms. The van der Waals surface area contributed by atoms with Gasteiger partial charge in [0.2, 0.25) is 5.95 Å². The number of anilines is 2. The van der Waals surface area contributed by atoms with Crippen LogP contribution in [-0.4, -0.2) is 26.0 Å². The Balaban J connectivity index is 2.39. The highest BCUT2D eigenvalue weighted by Gasteiger charge is 2.24. The van der Waals surface area contributed by atoms with E-state index < -0.39 is 0 Å². The van der Waals surface area contributed by atoms with Gasteiger partial charge in [0, 0.05) is 6.04 Å². The number of aromatic nitrogens is 4. The molecule has 4 N–H and O–H groups in total. The highest BCUT2D eigenvalue weighted by atomic mass is 15.1. The first-order valence-electron chi connectivity index (χ1n) is 6.15. The van der Waals surface area contributed by atoms with Crippen molar-refractivity contribution in [2.75, 3.05) is 11.1 Å². The summed E-state index contributed by atoms with van der Waals surface area (Å²) < 4.78 is 0. The number of fused-ring (bicyclic) bond motifs is 1. The van der Waals surface area contributed by atoms with E-state index >= 15 is 0 Å². The fraction of sp³-hybridized carbons (Fsp3) is 0.583. The summed E-state index contributed by atoms with van der Waals surface area (Å²) in [5.41, 5.74) is 7.23. The third-order valence-electron chi connectivity index (χ3n) is 3.06. The summed E-state index contributed by atoms with van der Waals surface area (Å²) in [4.78, 5) is 15.5. The van der Waals surface area contributed by atoms with Gasteiger partial charge in [-0.25, -0.2) is 4.98 Å². The van der Waals surface area contributed by atoms with E-state index in [1.54, 1.807) is 6.33 Å². The predicted octanol–water partition coefficient (Wildman–Crippen LogP) is 2.17. The Bertz CT molecular complexity index is 539. The molecule has 98 valence electrons. The molecule has 0 spiro atoms. The number of aromatic amines is 1. The number of imidazole rings is 1. The van der Waals surface area contributed by atoms with Crippen LogP contribution in [0.4, 0.5) is 11.8 Å². The van der Waals surface area contributed by atoms with Crippen LogP contribution in [-0.2, 0) is 0 Å². The molecular weight excluding hydrogens is 228 g/mol. The number of H-pyrrole nitrogens is 1. The topological polar surface area (TPSA) is 92.5 Å². The van der Waals surface area contributed by atoms with Crippen LogP contribution in [0.5, 0.6) is 0 Å². The molecule has 0 radical (unpaired) electrons. The molecule has 0 aliphatic carbocycles. The van der Waals surface area contributed by atoms with Gasteiger partial charge in [-0.1, -0.05) is 27.7 Å². The average molecular weight is 248 g/mol. The van der Waals surface area contributed by atoms with Crippen LogP contribution in [0, 0.1) is 5.41 Å². The molecule has 0 fully saturated rings. The van der Waals surface area contributed by atoms with Gasteiger partial charge in [0.25, 0.3) is 0 Å². The minimum absolute atomic E-state index is 0.136. The van der Waals surface area contributed by atoms with Crippen molar-refractivity contribution in [3.8, 4) is 0 Å². The summed E-state index contributed by atoms with van der Waals surface area (Å²) in [7, 11) is 0. The van der Waals surface area contributed by atoms with E-state index in [-0.39, 0.29) is 11.4 Å². The van der Waals surface area contributed by atoms with Crippen LogP contribution >= 0.6 is 0 Å². The van der Waals surface area contributed by atoms with Gasteiger partial charge in [-0.15, -0.1) is 0 Å². The summed E-state index contributed by atoms with van der Waals surface area (Å²) in [6, 6.07) is 0.298. The van der Waals surface area contributed by atoms with Crippen LogP contribution in [0.25, 0.3) is 11.2 Å². The Morgan fingerprint density at radius 2 is 2.11 bits per heavy atom. The van der Waals surface area contributed by atoms with Crippen molar-refractivity contribution in [1.29, 1.82) is 0 Å². The van der Waals surface area contributed by atoms with Crippen molar-refractivity contribution in [3.63, 3.8) is 0 Å². The van der Waals surface area contributed by atoms with Gasteiger partial charge in [-0.05, 0) is 11.8 Å². The molecule has 2 rings (SSSR count). The van der Waals surface area contributed by atoms with E-state index in [0.717, 1.165) is 11.9 Å². The van der Waals surface area contributed by atoms with Crippen molar-refractivity contribution in [2.24, 2.45) is 5.41 Å². The molecule has 2 aromatic heterocycles. The van der Waals surface area contributed by atoms with E-state index in [9.17, 15) is 0 Å². The lowest BCUT2D eigenvalue weighted by atomic mass is 9.85. The Kier molecular flexibility index (Phi) is 3.11. The molecule has 0 unspecified atom stereocenters. The molecule has 0 aliphatic rings. The molecule has 0 saturated heterocycles. The van der Waals surface area contributed by atoms with Crippen LogP contribution in [0.3, 0.4) is 0 Å². The largest absolute Gasteiger partial charge is 0.368 e. The van der Waals surface area contributed by atoms with E-state index in [2.05, 4.69) is 52.9 Å². The highest BCUT2D eigenvalue weighted by Crippen LogP contribution is 2.27. The van der Waals surface area contributed by atoms with Crippen molar-refractivity contribution in [3.05, 3.63) is 6.33 Å². The Morgan fingerprint density at radius 1 is 1.39 bits per heavy atom. The molecule has 18 heavy (non-hydrogen) atoms. The zero-order valence-electron chi connectivity index (χ0n) is 11.3. The Hall–Kier alpha value is -1.85. The zero-order valence-corrected chi connectivity index (χ0v) is 11.3. The predicted molar refractivity (Wildman–Crippen MR) is 73.3 cm³/mol.